The van der Waals surface area contributed by atoms with Crippen LogP contribution in [0.2, 0.25) is 0 Å². The predicted molar refractivity (Wildman–Crippen MR) is 73.5 cm³/mol. The van der Waals surface area contributed by atoms with Crippen molar-refractivity contribution < 1.29 is 4.42 Å². The van der Waals surface area contributed by atoms with Gasteiger partial charge in [0, 0.05) is 12.0 Å². The molecule has 1 heterocycles. The maximum Gasteiger partial charge on any atom is 0.226 e. The SMILES string of the molecule is Cc1oc(-c2ccc(C(C)C)cc2)nc1CCN. The van der Waals surface area contributed by atoms with Crippen molar-refractivity contribution in [2.75, 3.05) is 6.54 Å². The number of rotatable bonds is 4. The Morgan fingerprint density at radius 1 is 1.22 bits per heavy atom. The second-order valence-electron chi connectivity index (χ2n) is 4.84. The Labute approximate surface area is 108 Å². The van der Waals surface area contributed by atoms with Crippen molar-refractivity contribution >= 4 is 0 Å². The predicted octanol–water partition coefficient (Wildman–Crippen LogP) is 3.27. The third-order valence-electron chi connectivity index (χ3n) is 3.10. The van der Waals surface area contributed by atoms with Crippen LogP contribution in [0.25, 0.3) is 11.5 Å². The van der Waals surface area contributed by atoms with E-state index < -0.39 is 0 Å². The molecule has 0 radical (unpaired) electrons. The minimum atomic E-state index is 0.540. The molecule has 0 aliphatic rings. The smallest absolute Gasteiger partial charge is 0.226 e. The summed E-state index contributed by atoms with van der Waals surface area (Å²) in [7, 11) is 0. The highest BCUT2D eigenvalue weighted by Gasteiger charge is 2.10. The van der Waals surface area contributed by atoms with Crippen LogP contribution in [0.15, 0.2) is 28.7 Å². The lowest BCUT2D eigenvalue weighted by Crippen LogP contribution is -2.03. The van der Waals surface area contributed by atoms with Gasteiger partial charge in [0.05, 0.1) is 5.69 Å². The summed E-state index contributed by atoms with van der Waals surface area (Å²) in [5.74, 6) is 2.09. The molecule has 3 nitrogen and oxygen atoms in total. The van der Waals surface area contributed by atoms with E-state index in [-0.39, 0.29) is 0 Å². The molecule has 0 unspecified atom stereocenters. The molecular formula is C15H20N2O. The highest BCUT2D eigenvalue weighted by atomic mass is 16.4. The summed E-state index contributed by atoms with van der Waals surface area (Å²) < 4.78 is 5.69. The summed E-state index contributed by atoms with van der Waals surface area (Å²) >= 11 is 0. The molecule has 96 valence electrons. The summed E-state index contributed by atoms with van der Waals surface area (Å²) in [6.07, 6.45) is 0.763. The molecule has 2 aromatic rings. The van der Waals surface area contributed by atoms with Gasteiger partial charge in [-0.2, -0.15) is 0 Å². The molecule has 2 rings (SSSR count). The van der Waals surface area contributed by atoms with Crippen LogP contribution in [-0.4, -0.2) is 11.5 Å². The van der Waals surface area contributed by atoms with Gasteiger partial charge >= 0.3 is 0 Å². The number of benzene rings is 1. The van der Waals surface area contributed by atoms with Crippen LogP contribution in [-0.2, 0) is 6.42 Å². The highest BCUT2D eigenvalue weighted by Crippen LogP contribution is 2.24. The molecule has 1 aromatic carbocycles. The van der Waals surface area contributed by atoms with Crippen molar-refractivity contribution in [3.8, 4) is 11.5 Å². The third-order valence-corrected chi connectivity index (χ3v) is 3.10. The van der Waals surface area contributed by atoms with E-state index >= 15 is 0 Å². The first-order valence-corrected chi connectivity index (χ1v) is 6.38. The normalized spacial score (nSPS) is 11.2. The summed E-state index contributed by atoms with van der Waals surface area (Å²) in [4.78, 5) is 4.50. The summed E-state index contributed by atoms with van der Waals surface area (Å²) in [6, 6.07) is 8.38. The van der Waals surface area contributed by atoms with E-state index in [0.29, 0.717) is 18.4 Å². The molecular weight excluding hydrogens is 224 g/mol. The van der Waals surface area contributed by atoms with Crippen LogP contribution in [0, 0.1) is 6.92 Å². The Morgan fingerprint density at radius 2 is 1.89 bits per heavy atom. The molecule has 3 heteroatoms. The van der Waals surface area contributed by atoms with E-state index in [1.165, 1.54) is 5.56 Å². The van der Waals surface area contributed by atoms with Crippen molar-refractivity contribution in [3.05, 3.63) is 41.3 Å². The summed E-state index contributed by atoms with van der Waals surface area (Å²) in [6.45, 7) is 6.90. The summed E-state index contributed by atoms with van der Waals surface area (Å²) in [5, 5.41) is 0. The van der Waals surface area contributed by atoms with E-state index in [9.17, 15) is 0 Å². The van der Waals surface area contributed by atoms with Crippen LogP contribution >= 0.6 is 0 Å². The van der Waals surface area contributed by atoms with Crippen LogP contribution < -0.4 is 5.73 Å². The van der Waals surface area contributed by atoms with Crippen LogP contribution in [0.5, 0.6) is 0 Å². The van der Waals surface area contributed by atoms with Gasteiger partial charge in [-0.05, 0) is 37.1 Å². The highest BCUT2D eigenvalue weighted by molar-refractivity contribution is 5.54. The van der Waals surface area contributed by atoms with E-state index in [0.717, 1.165) is 23.4 Å². The second-order valence-corrected chi connectivity index (χ2v) is 4.84. The standard InChI is InChI=1S/C15H20N2O/c1-10(2)12-4-6-13(7-5-12)15-17-14(8-9-16)11(3)18-15/h4-7,10H,8-9,16H2,1-3H3. The zero-order chi connectivity index (χ0) is 13.1. The topological polar surface area (TPSA) is 52.0 Å². The van der Waals surface area contributed by atoms with Crippen molar-refractivity contribution in [2.24, 2.45) is 5.73 Å². The molecule has 1 aromatic heterocycles. The maximum absolute atomic E-state index is 5.69. The zero-order valence-corrected chi connectivity index (χ0v) is 11.2. The number of oxazole rings is 1. The van der Waals surface area contributed by atoms with E-state index in [2.05, 4.69) is 43.1 Å². The van der Waals surface area contributed by atoms with E-state index in [4.69, 9.17) is 10.2 Å². The first-order valence-electron chi connectivity index (χ1n) is 6.38. The van der Waals surface area contributed by atoms with Gasteiger partial charge in [-0.3, -0.25) is 0 Å². The van der Waals surface area contributed by atoms with Crippen molar-refractivity contribution in [1.82, 2.24) is 4.98 Å². The quantitative estimate of drug-likeness (QED) is 0.898. The van der Waals surface area contributed by atoms with Crippen molar-refractivity contribution in [1.29, 1.82) is 0 Å². The second kappa shape index (κ2) is 5.36. The molecule has 0 amide bonds. The van der Waals surface area contributed by atoms with Gasteiger partial charge < -0.3 is 10.2 Å². The lowest BCUT2D eigenvalue weighted by atomic mass is 10.0. The Morgan fingerprint density at radius 3 is 2.44 bits per heavy atom. The molecule has 0 aliphatic heterocycles. The summed E-state index contributed by atoms with van der Waals surface area (Å²) in [5.41, 5.74) is 8.85. The van der Waals surface area contributed by atoms with Gasteiger partial charge in [-0.1, -0.05) is 26.0 Å². The van der Waals surface area contributed by atoms with Gasteiger partial charge in [0.2, 0.25) is 5.89 Å². The van der Waals surface area contributed by atoms with Crippen LogP contribution in [0.3, 0.4) is 0 Å². The number of nitrogens with two attached hydrogens (primary N) is 1. The zero-order valence-electron chi connectivity index (χ0n) is 11.2. The minimum absolute atomic E-state index is 0.540. The lowest BCUT2D eigenvalue weighted by Gasteiger charge is -2.04. The average molecular weight is 244 g/mol. The van der Waals surface area contributed by atoms with Crippen molar-refractivity contribution in [2.45, 2.75) is 33.1 Å². The molecule has 0 spiro atoms. The first kappa shape index (κ1) is 12.8. The van der Waals surface area contributed by atoms with Gasteiger partial charge in [-0.15, -0.1) is 0 Å². The molecule has 2 N–H and O–H groups in total. The van der Waals surface area contributed by atoms with Gasteiger partial charge in [0.1, 0.15) is 5.76 Å². The molecule has 0 saturated carbocycles. The Hall–Kier alpha value is -1.61. The van der Waals surface area contributed by atoms with Crippen LogP contribution in [0.1, 0.15) is 36.8 Å². The number of hydrogen-bond acceptors (Lipinski definition) is 3. The van der Waals surface area contributed by atoms with Crippen LogP contribution in [0.4, 0.5) is 0 Å². The van der Waals surface area contributed by atoms with Gasteiger partial charge in [0.15, 0.2) is 0 Å². The maximum atomic E-state index is 5.69. The molecule has 0 fully saturated rings. The molecule has 18 heavy (non-hydrogen) atoms. The molecule has 0 bridgehead atoms. The third kappa shape index (κ3) is 2.62. The minimum Gasteiger partial charge on any atom is -0.441 e. The first-order chi connectivity index (χ1) is 8.61. The Balaban J connectivity index is 2.28. The molecule has 0 atom stereocenters. The van der Waals surface area contributed by atoms with E-state index in [1.807, 2.05) is 6.92 Å². The monoisotopic (exact) mass is 244 g/mol. The van der Waals surface area contributed by atoms with Crippen molar-refractivity contribution in [3.63, 3.8) is 0 Å². The van der Waals surface area contributed by atoms with Gasteiger partial charge in [0.25, 0.3) is 0 Å². The van der Waals surface area contributed by atoms with E-state index in [1.54, 1.807) is 0 Å². The number of nitrogens with zero attached hydrogens (tertiary/aromatic N) is 1. The molecule has 0 aliphatic carbocycles. The fourth-order valence-corrected chi connectivity index (χ4v) is 1.93. The average Bonchev–Trinajstić information content (AvgIpc) is 2.72. The fraction of sp³-hybridized carbons (Fsp3) is 0.400. The number of aromatic nitrogens is 1. The Bertz CT molecular complexity index is 512. The largest absolute Gasteiger partial charge is 0.441 e. The van der Waals surface area contributed by atoms with Gasteiger partial charge in [-0.25, -0.2) is 4.98 Å². The molecule has 0 saturated heterocycles. The number of aryl methyl sites for hydroxylation is 1. The fourth-order valence-electron chi connectivity index (χ4n) is 1.93. The number of hydrogen-bond donors (Lipinski definition) is 1. The lowest BCUT2D eigenvalue weighted by molar-refractivity contribution is 0.539. The Kier molecular flexibility index (Phi) is 3.82.